The highest BCUT2D eigenvalue weighted by atomic mass is 32.2. The second kappa shape index (κ2) is 9.33. The van der Waals surface area contributed by atoms with Gasteiger partial charge in [-0.1, -0.05) is 19.9 Å². The molecule has 194 valence electrons. The van der Waals surface area contributed by atoms with Crippen molar-refractivity contribution >= 4 is 32.5 Å². The summed E-state index contributed by atoms with van der Waals surface area (Å²) in [6, 6.07) is 5.33. The molecule has 0 N–H and O–H groups in total. The lowest BCUT2D eigenvalue weighted by Gasteiger charge is -2.35. The summed E-state index contributed by atoms with van der Waals surface area (Å²) in [4.78, 5) is 17.0. The monoisotopic (exact) mass is 528 g/mol. The van der Waals surface area contributed by atoms with E-state index in [0.29, 0.717) is 65.9 Å². The summed E-state index contributed by atoms with van der Waals surface area (Å²) in [5.74, 6) is 0.436. The van der Waals surface area contributed by atoms with Gasteiger partial charge in [-0.15, -0.1) is 0 Å². The molecule has 1 aliphatic heterocycles. The van der Waals surface area contributed by atoms with E-state index in [-0.39, 0.29) is 11.5 Å². The molecule has 2 aromatic heterocycles. The van der Waals surface area contributed by atoms with Gasteiger partial charge in [-0.05, 0) is 41.4 Å². The fraction of sp³-hybridized carbons (Fsp3) is 0.360. The highest BCUT2D eigenvalue weighted by Crippen LogP contribution is 2.36. The van der Waals surface area contributed by atoms with E-state index >= 15 is 4.39 Å². The normalized spacial score (nSPS) is 14.7. The molecule has 1 saturated heterocycles. The summed E-state index contributed by atoms with van der Waals surface area (Å²) in [5.41, 5.74) is 1.27. The van der Waals surface area contributed by atoms with Crippen molar-refractivity contribution in [1.29, 1.82) is 0 Å². The quantitative estimate of drug-likeness (QED) is 0.378. The van der Waals surface area contributed by atoms with Crippen LogP contribution in [0.1, 0.15) is 31.2 Å². The number of hydrogen-bond acceptors (Lipinski definition) is 9. The predicted molar refractivity (Wildman–Crippen MR) is 136 cm³/mol. The van der Waals surface area contributed by atoms with Crippen LogP contribution in [-0.4, -0.2) is 61.0 Å². The van der Waals surface area contributed by atoms with Crippen LogP contribution >= 0.6 is 0 Å². The third kappa shape index (κ3) is 4.61. The van der Waals surface area contributed by atoms with Gasteiger partial charge in [0.05, 0.1) is 5.52 Å². The molecule has 12 heteroatoms. The predicted octanol–water partition coefficient (Wildman–Crippen LogP) is 4.12. The number of sulfone groups is 1. The number of anilines is 2. The van der Waals surface area contributed by atoms with Crippen LogP contribution in [0.4, 0.5) is 20.5 Å². The molecule has 1 fully saturated rings. The van der Waals surface area contributed by atoms with E-state index in [4.69, 9.17) is 4.52 Å². The van der Waals surface area contributed by atoms with Crippen molar-refractivity contribution in [3.05, 3.63) is 53.7 Å². The third-order valence-electron chi connectivity index (χ3n) is 6.51. The Balaban J connectivity index is 1.50. The van der Waals surface area contributed by atoms with Gasteiger partial charge in [0.15, 0.2) is 9.84 Å². The molecule has 37 heavy (non-hydrogen) atoms. The molecule has 3 heterocycles. The first-order chi connectivity index (χ1) is 17.5. The standard InChI is InChI=1S/C25H26F2N6O3S/c1-14(2)24-30-25(31-36-24)33-9-7-32(8-10-33)23-19-12-16(26)11-18(22(19)28-13-29-23)17-5-6-20(37(4,34)35)21(27)15(17)3/h5-6,11-14H,7-10H2,1-4H3. The SMILES string of the molecule is Cc1c(-c2cc(F)cc3c(N4CCN(c5noc(C(C)C)n5)CC4)ncnc23)ccc(S(C)(=O)=O)c1F. The van der Waals surface area contributed by atoms with E-state index in [2.05, 4.69) is 20.1 Å². The van der Waals surface area contributed by atoms with Crippen LogP contribution in [0, 0.1) is 18.6 Å². The molecular weight excluding hydrogens is 502 g/mol. The van der Waals surface area contributed by atoms with E-state index < -0.39 is 26.4 Å². The van der Waals surface area contributed by atoms with Gasteiger partial charge in [0, 0.05) is 49.3 Å². The molecule has 0 aliphatic carbocycles. The minimum Gasteiger partial charge on any atom is -0.352 e. The third-order valence-corrected chi connectivity index (χ3v) is 7.62. The fourth-order valence-electron chi connectivity index (χ4n) is 4.52. The van der Waals surface area contributed by atoms with Crippen LogP contribution in [-0.2, 0) is 9.84 Å². The van der Waals surface area contributed by atoms with Crippen molar-refractivity contribution < 1.29 is 21.7 Å². The van der Waals surface area contributed by atoms with Crippen LogP contribution in [0.5, 0.6) is 0 Å². The number of aromatic nitrogens is 4. The first-order valence-electron chi connectivity index (χ1n) is 11.8. The maximum atomic E-state index is 15.0. The number of nitrogens with zero attached hydrogens (tertiary/aromatic N) is 6. The zero-order valence-electron chi connectivity index (χ0n) is 20.9. The summed E-state index contributed by atoms with van der Waals surface area (Å²) in [6.07, 6.45) is 2.35. The van der Waals surface area contributed by atoms with Gasteiger partial charge in [0.2, 0.25) is 5.89 Å². The Bertz CT molecular complexity index is 1600. The average molecular weight is 529 g/mol. The Labute approximate surface area is 213 Å². The first-order valence-corrected chi connectivity index (χ1v) is 13.7. The molecule has 0 unspecified atom stereocenters. The Morgan fingerprint density at radius 2 is 1.70 bits per heavy atom. The average Bonchev–Trinajstić information content (AvgIpc) is 3.35. The molecular formula is C25H26F2N6O3S. The summed E-state index contributed by atoms with van der Waals surface area (Å²) < 4.78 is 59.1. The van der Waals surface area contributed by atoms with Gasteiger partial charge in [-0.2, -0.15) is 4.98 Å². The van der Waals surface area contributed by atoms with Crippen molar-refractivity contribution in [2.45, 2.75) is 31.6 Å². The van der Waals surface area contributed by atoms with Crippen LogP contribution in [0.3, 0.4) is 0 Å². The highest BCUT2D eigenvalue weighted by molar-refractivity contribution is 7.90. The van der Waals surface area contributed by atoms with Crippen LogP contribution in [0.25, 0.3) is 22.0 Å². The molecule has 2 aromatic carbocycles. The zero-order chi connectivity index (χ0) is 26.5. The zero-order valence-corrected chi connectivity index (χ0v) is 21.7. The topological polar surface area (TPSA) is 105 Å². The highest BCUT2D eigenvalue weighted by Gasteiger charge is 2.25. The van der Waals surface area contributed by atoms with Crippen molar-refractivity contribution in [1.82, 2.24) is 20.1 Å². The van der Waals surface area contributed by atoms with Crippen LogP contribution in [0.15, 0.2) is 40.0 Å². The molecule has 9 nitrogen and oxygen atoms in total. The fourth-order valence-corrected chi connectivity index (χ4v) is 5.32. The molecule has 4 aromatic rings. The van der Waals surface area contributed by atoms with Crippen molar-refractivity contribution in [3.8, 4) is 11.1 Å². The molecule has 0 radical (unpaired) electrons. The molecule has 0 saturated carbocycles. The summed E-state index contributed by atoms with van der Waals surface area (Å²) in [5, 5.41) is 4.57. The van der Waals surface area contributed by atoms with E-state index in [1.165, 1.54) is 37.5 Å². The second-order valence-electron chi connectivity index (χ2n) is 9.43. The number of benzene rings is 2. The number of fused-ring (bicyclic) bond motifs is 1. The largest absolute Gasteiger partial charge is 0.352 e. The number of rotatable bonds is 5. The lowest BCUT2D eigenvalue weighted by molar-refractivity contribution is 0.364. The number of hydrogen-bond donors (Lipinski definition) is 0. The van der Waals surface area contributed by atoms with Crippen LogP contribution in [0.2, 0.25) is 0 Å². The van der Waals surface area contributed by atoms with Gasteiger partial charge in [-0.25, -0.2) is 27.2 Å². The van der Waals surface area contributed by atoms with Crippen molar-refractivity contribution in [3.63, 3.8) is 0 Å². The maximum Gasteiger partial charge on any atom is 0.266 e. The van der Waals surface area contributed by atoms with E-state index in [1.807, 2.05) is 23.6 Å². The molecule has 0 spiro atoms. The molecule has 1 aliphatic rings. The molecule has 0 amide bonds. The van der Waals surface area contributed by atoms with Gasteiger partial charge < -0.3 is 14.3 Å². The van der Waals surface area contributed by atoms with E-state index in [1.54, 1.807) is 0 Å². The van der Waals surface area contributed by atoms with E-state index in [9.17, 15) is 12.8 Å². The van der Waals surface area contributed by atoms with Gasteiger partial charge in [-0.3, -0.25) is 0 Å². The Hall–Kier alpha value is -3.67. The molecule has 0 atom stereocenters. The maximum absolute atomic E-state index is 15.0. The second-order valence-corrected chi connectivity index (χ2v) is 11.4. The van der Waals surface area contributed by atoms with E-state index in [0.717, 1.165) is 6.26 Å². The lowest BCUT2D eigenvalue weighted by Crippen LogP contribution is -2.47. The van der Waals surface area contributed by atoms with Gasteiger partial charge in [0.25, 0.3) is 5.95 Å². The Kier molecular flexibility index (Phi) is 6.30. The van der Waals surface area contributed by atoms with Crippen molar-refractivity contribution in [2.24, 2.45) is 0 Å². The van der Waals surface area contributed by atoms with Gasteiger partial charge in [0.1, 0.15) is 28.7 Å². The number of halogens is 2. The summed E-state index contributed by atoms with van der Waals surface area (Å²) >= 11 is 0. The minimum absolute atomic E-state index is 0.101. The number of piperazine rings is 1. The first kappa shape index (κ1) is 25.0. The van der Waals surface area contributed by atoms with Crippen molar-refractivity contribution in [2.75, 3.05) is 42.2 Å². The Morgan fingerprint density at radius 3 is 2.35 bits per heavy atom. The lowest BCUT2D eigenvalue weighted by atomic mass is 9.97. The van der Waals surface area contributed by atoms with Gasteiger partial charge >= 0.3 is 0 Å². The summed E-state index contributed by atoms with van der Waals surface area (Å²) in [6.45, 7) is 7.84. The minimum atomic E-state index is -3.75. The summed E-state index contributed by atoms with van der Waals surface area (Å²) in [7, 11) is -3.75. The molecule has 5 rings (SSSR count). The Morgan fingerprint density at radius 1 is 1.00 bits per heavy atom. The van der Waals surface area contributed by atoms with Crippen LogP contribution < -0.4 is 9.80 Å². The smallest absolute Gasteiger partial charge is 0.266 e. The molecule has 0 bridgehead atoms.